The molecule has 0 aliphatic carbocycles. The van der Waals surface area contributed by atoms with E-state index >= 15 is 0 Å². The van der Waals surface area contributed by atoms with Crippen molar-refractivity contribution in [1.29, 1.82) is 0 Å². The summed E-state index contributed by atoms with van der Waals surface area (Å²) in [5, 5.41) is 24.9. The molecular formula is C26H27FN6O4. The minimum atomic E-state index is -1.04. The topological polar surface area (TPSA) is 126 Å². The third kappa shape index (κ3) is 6.57. The van der Waals surface area contributed by atoms with Crippen LogP contribution in [0.1, 0.15) is 38.1 Å². The lowest BCUT2D eigenvalue weighted by molar-refractivity contribution is -0.143. The molecule has 0 radical (unpaired) electrons. The highest BCUT2D eigenvalue weighted by atomic mass is 19.1. The van der Waals surface area contributed by atoms with Crippen LogP contribution in [-0.2, 0) is 22.7 Å². The van der Waals surface area contributed by atoms with Crippen molar-refractivity contribution < 1.29 is 23.5 Å². The Kier molecular flexibility index (Phi) is 7.32. The standard InChI is InChI=1S/C26H27FN6O4/c1-26(2,3)28-25(36)23(17-8-12-20(34)13-9-17)32(15-21-5-4-14-37-21)22(35)16-33-30-24(29-31-33)18-6-10-19(27)11-7-18/h4-14,23,34H,15-16H2,1-3H3,(H,28,36). The summed E-state index contributed by atoms with van der Waals surface area (Å²) >= 11 is 0. The molecule has 1 unspecified atom stereocenters. The maximum atomic E-state index is 13.7. The van der Waals surface area contributed by atoms with Crippen LogP contribution in [0.5, 0.6) is 5.75 Å². The van der Waals surface area contributed by atoms with Crippen molar-refractivity contribution in [3.8, 4) is 17.1 Å². The van der Waals surface area contributed by atoms with Crippen molar-refractivity contribution in [2.24, 2.45) is 0 Å². The molecule has 2 aromatic heterocycles. The number of hydrogen-bond acceptors (Lipinski definition) is 7. The van der Waals surface area contributed by atoms with Crippen molar-refractivity contribution in [3.63, 3.8) is 0 Å². The molecule has 0 saturated carbocycles. The number of amides is 2. The lowest BCUT2D eigenvalue weighted by Gasteiger charge is -2.33. The van der Waals surface area contributed by atoms with Crippen LogP contribution in [0.25, 0.3) is 11.4 Å². The zero-order valence-corrected chi connectivity index (χ0v) is 20.6. The Balaban J connectivity index is 1.66. The molecule has 11 heteroatoms. The average Bonchev–Trinajstić information content (AvgIpc) is 3.51. The van der Waals surface area contributed by atoms with E-state index in [1.807, 2.05) is 20.8 Å². The van der Waals surface area contributed by atoms with E-state index in [9.17, 15) is 19.1 Å². The number of benzene rings is 2. The first-order chi connectivity index (χ1) is 17.6. The molecule has 2 heterocycles. The lowest BCUT2D eigenvalue weighted by Crippen LogP contribution is -2.49. The first kappa shape index (κ1) is 25.5. The smallest absolute Gasteiger partial charge is 0.247 e. The molecule has 4 aromatic rings. The van der Waals surface area contributed by atoms with Crippen LogP contribution in [0.4, 0.5) is 4.39 Å². The second-order valence-corrected chi connectivity index (χ2v) is 9.48. The lowest BCUT2D eigenvalue weighted by atomic mass is 10.0. The molecule has 0 spiro atoms. The van der Waals surface area contributed by atoms with Crippen LogP contribution < -0.4 is 5.32 Å². The van der Waals surface area contributed by atoms with Crippen LogP contribution in [0.15, 0.2) is 71.3 Å². The molecule has 1 atom stereocenters. The van der Waals surface area contributed by atoms with E-state index in [0.717, 1.165) is 4.80 Å². The molecule has 0 saturated heterocycles. The number of carbonyl (C=O) groups excluding carboxylic acids is 2. The molecule has 2 amide bonds. The number of halogens is 1. The number of carbonyl (C=O) groups is 2. The Morgan fingerprint density at radius 3 is 2.43 bits per heavy atom. The highest BCUT2D eigenvalue weighted by Gasteiger charge is 2.34. The van der Waals surface area contributed by atoms with Crippen LogP contribution in [-0.4, -0.2) is 47.6 Å². The fourth-order valence-corrected chi connectivity index (χ4v) is 3.70. The summed E-state index contributed by atoms with van der Waals surface area (Å²) in [5.74, 6) is -0.542. The summed E-state index contributed by atoms with van der Waals surface area (Å²) in [6.45, 7) is 5.20. The molecule has 0 aliphatic heterocycles. The number of aromatic nitrogens is 4. The molecule has 2 aromatic carbocycles. The number of nitrogens with zero attached hydrogens (tertiary/aromatic N) is 5. The summed E-state index contributed by atoms with van der Waals surface area (Å²) in [4.78, 5) is 29.7. The predicted molar refractivity (Wildman–Crippen MR) is 131 cm³/mol. The van der Waals surface area contributed by atoms with Crippen LogP contribution >= 0.6 is 0 Å². The van der Waals surface area contributed by atoms with E-state index in [1.165, 1.54) is 47.6 Å². The number of furan rings is 1. The van der Waals surface area contributed by atoms with Gasteiger partial charge in [0.05, 0.1) is 12.8 Å². The van der Waals surface area contributed by atoms with E-state index in [1.54, 1.807) is 24.3 Å². The quantitative estimate of drug-likeness (QED) is 0.375. The number of nitrogens with one attached hydrogen (secondary N) is 1. The van der Waals surface area contributed by atoms with Gasteiger partial charge in [0, 0.05) is 11.1 Å². The Labute approximate surface area is 212 Å². The molecule has 0 aliphatic rings. The first-order valence-corrected chi connectivity index (χ1v) is 11.6. The summed E-state index contributed by atoms with van der Waals surface area (Å²) in [5.41, 5.74) is 0.473. The van der Waals surface area contributed by atoms with Gasteiger partial charge in [-0.1, -0.05) is 12.1 Å². The van der Waals surface area contributed by atoms with Crippen LogP contribution in [0.2, 0.25) is 0 Å². The zero-order chi connectivity index (χ0) is 26.6. The molecule has 2 N–H and O–H groups in total. The molecule has 37 heavy (non-hydrogen) atoms. The van der Waals surface area contributed by atoms with Gasteiger partial charge in [0.2, 0.25) is 17.6 Å². The number of rotatable bonds is 8. The highest BCUT2D eigenvalue weighted by molar-refractivity contribution is 5.89. The van der Waals surface area contributed by atoms with E-state index < -0.39 is 29.2 Å². The van der Waals surface area contributed by atoms with Crippen molar-refractivity contribution >= 4 is 11.8 Å². The predicted octanol–water partition coefficient (Wildman–Crippen LogP) is 3.46. The maximum Gasteiger partial charge on any atom is 0.247 e. The third-order valence-corrected chi connectivity index (χ3v) is 5.33. The largest absolute Gasteiger partial charge is 0.508 e. The van der Waals surface area contributed by atoms with Crippen molar-refractivity contribution in [2.45, 2.75) is 45.4 Å². The summed E-state index contributed by atoms with van der Waals surface area (Å²) < 4.78 is 18.7. The fraction of sp³-hybridized carbons (Fsp3) is 0.269. The fourth-order valence-electron chi connectivity index (χ4n) is 3.70. The Hall–Kier alpha value is -4.54. The summed E-state index contributed by atoms with van der Waals surface area (Å²) in [6.07, 6.45) is 1.48. The van der Waals surface area contributed by atoms with Gasteiger partial charge in [-0.05, 0) is 80.1 Å². The van der Waals surface area contributed by atoms with Gasteiger partial charge in [-0.15, -0.1) is 10.2 Å². The summed E-state index contributed by atoms with van der Waals surface area (Å²) in [7, 11) is 0. The van der Waals surface area contributed by atoms with Gasteiger partial charge in [0.1, 0.15) is 29.9 Å². The van der Waals surface area contributed by atoms with Gasteiger partial charge < -0.3 is 19.7 Å². The van der Waals surface area contributed by atoms with Gasteiger partial charge in [-0.25, -0.2) is 4.39 Å². The molecular weight excluding hydrogens is 479 g/mol. The van der Waals surface area contributed by atoms with E-state index in [4.69, 9.17) is 4.42 Å². The maximum absolute atomic E-state index is 13.7. The molecule has 10 nitrogen and oxygen atoms in total. The van der Waals surface area contributed by atoms with Crippen molar-refractivity contribution in [1.82, 2.24) is 30.4 Å². The number of phenols is 1. The minimum absolute atomic E-state index is 0.00550. The summed E-state index contributed by atoms with van der Waals surface area (Å²) in [6, 6.07) is 14.0. The van der Waals surface area contributed by atoms with Gasteiger partial charge in [-0.2, -0.15) is 4.80 Å². The van der Waals surface area contributed by atoms with Crippen LogP contribution in [0, 0.1) is 5.82 Å². The van der Waals surface area contributed by atoms with E-state index in [-0.39, 0.29) is 24.7 Å². The monoisotopic (exact) mass is 506 g/mol. The van der Waals surface area contributed by atoms with E-state index in [0.29, 0.717) is 16.9 Å². The van der Waals surface area contributed by atoms with Gasteiger partial charge in [0.25, 0.3) is 0 Å². The second kappa shape index (κ2) is 10.6. The number of aromatic hydroxyl groups is 1. The average molecular weight is 507 g/mol. The third-order valence-electron chi connectivity index (χ3n) is 5.33. The Bertz CT molecular complexity index is 1350. The molecule has 0 fully saturated rings. The van der Waals surface area contributed by atoms with Gasteiger partial charge in [0.15, 0.2) is 0 Å². The Morgan fingerprint density at radius 1 is 1.11 bits per heavy atom. The first-order valence-electron chi connectivity index (χ1n) is 11.6. The molecule has 0 bridgehead atoms. The zero-order valence-electron chi connectivity index (χ0n) is 20.6. The molecule has 4 rings (SSSR count). The van der Waals surface area contributed by atoms with Crippen LogP contribution in [0.3, 0.4) is 0 Å². The van der Waals surface area contributed by atoms with Crippen molar-refractivity contribution in [3.05, 3.63) is 84.1 Å². The normalized spacial score (nSPS) is 12.2. The Morgan fingerprint density at radius 2 is 1.81 bits per heavy atom. The van der Waals surface area contributed by atoms with Gasteiger partial charge in [-0.3, -0.25) is 9.59 Å². The minimum Gasteiger partial charge on any atom is -0.508 e. The SMILES string of the molecule is CC(C)(C)NC(=O)C(c1ccc(O)cc1)N(Cc1ccco1)C(=O)Cn1nnc(-c2ccc(F)cc2)n1. The highest BCUT2D eigenvalue weighted by Crippen LogP contribution is 2.27. The number of tetrazole rings is 1. The second-order valence-electron chi connectivity index (χ2n) is 9.48. The van der Waals surface area contributed by atoms with Gasteiger partial charge >= 0.3 is 0 Å². The number of phenolic OH excluding ortho intramolecular Hbond substituents is 1. The van der Waals surface area contributed by atoms with E-state index in [2.05, 4.69) is 20.7 Å². The van der Waals surface area contributed by atoms with Crippen molar-refractivity contribution in [2.75, 3.05) is 0 Å². The number of hydrogen-bond donors (Lipinski definition) is 2. The molecule has 192 valence electrons.